The molecule has 9 heteroatoms. The van der Waals surface area contributed by atoms with E-state index in [4.69, 9.17) is 15.7 Å². The lowest BCUT2D eigenvalue weighted by atomic mass is 9.83. The smallest absolute Gasteiger partial charge is 0.160 e. The van der Waals surface area contributed by atoms with Crippen molar-refractivity contribution in [2.24, 2.45) is 11.7 Å². The van der Waals surface area contributed by atoms with Crippen molar-refractivity contribution >= 4 is 22.4 Å². The van der Waals surface area contributed by atoms with E-state index in [2.05, 4.69) is 20.2 Å². The highest BCUT2D eigenvalue weighted by atomic mass is 19.1. The van der Waals surface area contributed by atoms with Crippen LogP contribution in [0, 0.1) is 17.6 Å². The summed E-state index contributed by atoms with van der Waals surface area (Å²) in [6.45, 7) is 2.17. The van der Waals surface area contributed by atoms with E-state index in [1.807, 2.05) is 6.20 Å². The topological polar surface area (TPSA) is 92.8 Å². The Morgan fingerprint density at radius 1 is 0.950 bits per heavy atom. The Bertz CT molecular complexity index is 1520. The van der Waals surface area contributed by atoms with Gasteiger partial charge in [0.15, 0.2) is 5.82 Å². The zero-order chi connectivity index (χ0) is 27.2. The second kappa shape index (κ2) is 10.4. The van der Waals surface area contributed by atoms with Crippen LogP contribution in [0.4, 0.5) is 20.3 Å². The van der Waals surface area contributed by atoms with Gasteiger partial charge in [-0.3, -0.25) is 4.98 Å². The Hall–Kier alpha value is -3.56. The van der Waals surface area contributed by atoms with E-state index in [0.717, 1.165) is 61.4 Å². The summed E-state index contributed by atoms with van der Waals surface area (Å²) in [4.78, 5) is 21.4. The lowest BCUT2D eigenvalue weighted by Gasteiger charge is -2.42. The molecule has 1 aromatic carbocycles. The molecule has 7 rings (SSSR count). The van der Waals surface area contributed by atoms with Crippen LogP contribution in [-0.2, 0) is 0 Å². The van der Waals surface area contributed by atoms with E-state index in [-0.39, 0.29) is 11.7 Å². The molecule has 3 aromatic heterocycles. The predicted octanol–water partition coefficient (Wildman–Crippen LogP) is 6.25. The molecule has 4 heterocycles. The molecule has 3 aliphatic rings. The van der Waals surface area contributed by atoms with Gasteiger partial charge >= 0.3 is 0 Å². The molecule has 206 valence electrons. The molecule has 0 spiro atoms. The van der Waals surface area contributed by atoms with Crippen molar-refractivity contribution in [2.75, 3.05) is 18.4 Å². The highest BCUT2D eigenvalue weighted by molar-refractivity contribution is 5.86. The first-order chi connectivity index (χ1) is 19.5. The van der Waals surface area contributed by atoms with E-state index in [9.17, 15) is 8.78 Å². The molecule has 2 aliphatic carbocycles. The zero-order valence-electron chi connectivity index (χ0n) is 22.4. The van der Waals surface area contributed by atoms with E-state index in [0.29, 0.717) is 29.0 Å². The Labute approximate surface area is 232 Å². The monoisotopic (exact) mass is 541 g/mol. The number of para-hydroxylation sites is 1. The summed E-state index contributed by atoms with van der Waals surface area (Å²) < 4.78 is 28.5. The number of hydrogen-bond donors (Lipinski definition) is 2. The summed E-state index contributed by atoms with van der Waals surface area (Å²) in [6.07, 6.45) is 13.7. The van der Waals surface area contributed by atoms with E-state index >= 15 is 0 Å². The van der Waals surface area contributed by atoms with Crippen LogP contribution in [0.1, 0.15) is 68.2 Å². The van der Waals surface area contributed by atoms with Crippen molar-refractivity contribution in [2.45, 2.75) is 62.9 Å². The normalized spacial score (nSPS) is 19.5. The van der Waals surface area contributed by atoms with Gasteiger partial charge in [-0.2, -0.15) is 0 Å². The molecule has 3 fully saturated rings. The highest BCUT2D eigenvalue weighted by Gasteiger charge is 2.34. The van der Waals surface area contributed by atoms with Crippen LogP contribution in [0.15, 0.2) is 48.9 Å². The second-order valence-corrected chi connectivity index (χ2v) is 11.5. The van der Waals surface area contributed by atoms with Gasteiger partial charge in [0.2, 0.25) is 0 Å². The number of benzene rings is 1. The number of nitrogens with zero attached hydrogens (tertiary/aromatic N) is 5. The number of pyridine rings is 2. The maximum Gasteiger partial charge on any atom is 0.160 e. The van der Waals surface area contributed by atoms with E-state index < -0.39 is 11.6 Å². The molecule has 1 saturated heterocycles. The average Bonchev–Trinajstić information content (AvgIpc) is 3.79. The summed E-state index contributed by atoms with van der Waals surface area (Å²) in [6, 6.07) is 7.77. The Kier molecular flexibility index (Phi) is 6.64. The fourth-order valence-electron chi connectivity index (χ4n) is 6.21. The number of anilines is 2. The van der Waals surface area contributed by atoms with Crippen molar-refractivity contribution in [3.05, 3.63) is 71.8 Å². The number of nitrogens with one attached hydrogen (secondary N) is 1. The van der Waals surface area contributed by atoms with Crippen LogP contribution in [0.5, 0.6) is 0 Å². The van der Waals surface area contributed by atoms with Crippen molar-refractivity contribution in [3.63, 3.8) is 0 Å². The fraction of sp³-hybridized carbons (Fsp3) is 0.419. The minimum atomic E-state index is -0.690. The standard InChI is InChI=1S/C31H33F2N7/c32-23-5-2-6-24(33)29(23)38-26-15-20(9-12-36-26)31-37-25-17-35-16-22(18-7-8-18)27(25)30(39-31)28(34)19-10-13-40(14-11-19)21-3-1-4-21/h2,5-6,9,12,15-19,21,28H,1,3-4,7-8,10-11,13-14,34H2,(H,36,38). The quantitative estimate of drug-likeness (QED) is 0.286. The third-order valence-corrected chi connectivity index (χ3v) is 8.90. The molecule has 2 saturated carbocycles. The van der Waals surface area contributed by atoms with Crippen molar-refractivity contribution < 1.29 is 8.78 Å². The zero-order valence-corrected chi connectivity index (χ0v) is 22.4. The molecule has 0 amide bonds. The molecular weight excluding hydrogens is 508 g/mol. The molecule has 0 bridgehead atoms. The molecule has 0 radical (unpaired) electrons. The largest absolute Gasteiger partial charge is 0.335 e. The Balaban J connectivity index is 1.25. The number of likely N-dealkylation sites (tertiary alicyclic amines) is 1. The fourth-order valence-corrected chi connectivity index (χ4v) is 6.21. The number of hydrogen-bond acceptors (Lipinski definition) is 7. The van der Waals surface area contributed by atoms with Crippen LogP contribution in [0.2, 0.25) is 0 Å². The summed E-state index contributed by atoms with van der Waals surface area (Å²) in [7, 11) is 0. The van der Waals surface area contributed by atoms with Gasteiger partial charge in [0, 0.05) is 29.4 Å². The van der Waals surface area contributed by atoms with Crippen LogP contribution in [0.3, 0.4) is 0 Å². The summed E-state index contributed by atoms with van der Waals surface area (Å²) in [5, 5.41) is 3.81. The number of rotatable bonds is 7. The number of fused-ring (bicyclic) bond motifs is 1. The van der Waals surface area contributed by atoms with Crippen LogP contribution >= 0.6 is 0 Å². The number of piperidine rings is 1. The summed E-state index contributed by atoms with van der Waals surface area (Å²) in [5.74, 6) is 0.225. The van der Waals surface area contributed by atoms with E-state index in [1.165, 1.54) is 43.0 Å². The average molecular weight is 542 g/mol. The molecule has 1 unspecified atom stereocenters. The molecular formula is C31H33F2N7. The van der Waals surface area contributed by atoms with Crippen molar-refractivity contribution in [3.8, 4) is 11.4 Å². The molecule has 7 nitrogen and oxygen atoms in total. The van der Waals surface area contributed by atoms with Crippen molar-refractivity contribution in [1.82, 2.24) is 24.8 Å². The SMILES string of the molecule is NC(c1nc(-c2ccnc(Nc3c(F)cccc3F)c2)nc2cncc(C3CC3)c12)C1CCN(C2CCC2)CC1. The number of nitrogens with two attached hydrogens (primary N) is 1. The van der Waals surface area contributed by atoms with Gasteiger partial charge in [-0.15, -0.1) is 0 Å². The van der Waals surface area contributed by atoms with Crippen LogP contribution < -0.4 is 11.1 Å². The third kappa shape index (κ3) is 4.81. The lowest BCUT2D eigenvalue weighted by molar-refractivity contribution is 0.0783. The summed E-state index contributed by atoms with van der Waals surface area (Å²) in [5.41, 5.74) is 10.3. The first kappa shape index (κ1) is 25.4. The number of halogens is 2. The first-order valence-electron chi connectivity index (χ1n) is 14.4. The summed E-state index contributed by atoms with van der Waals surface area (Å²) >= 11 is 0. The Morgan fingerprint density at radius 3 is 2.42 bits per heavy atom. The number of aromatic nitrogens is 4. The van der Waals surface area contributed by atoms with Gasteiger partial charge in [0.1, 0.15) is 23.1 Å². The van der Waals surface area contributed by atoms with Crippen LogP contribution in [-0.4, -0.2) is 44.0 Å². The van der Waals surface area contributed by atoms with Gasteiger partial charge < -0.3 is 16.0 Å². The van der Waals surface area contributed by atoms with Gasteiger partial charge in [-0.05, 0) is 93.3 Å². The Morgan fingerprint density at radius 2 is 1.73 bits per heavy atom. The minimum Gasteiger partial charge on any atom is -0.335 e. The van der Waals surface area contributed by atoms with Gasteiger partial charge in [-0.1, -0.05) is 12.5 Å². The molecule has 40 heavy (non-hydrogen) atoms. The van der Waals surface area contributed by atoms with E-state index in [1.54, 1.807) is 24.5 Å². The maximum atomic E-state index is 14.3. The molecule has 3 N–H and O–H groups in total. The minimum absolute atomic E-state index is 0.223. The second-order valence-electron chi connectivity index (χ2n) is 11.5. The predicted molar refractivity (Wildman–Crippen MR) is 151 cm³/mol. The molecule has 1 atom stereocenters. The lowest BCUT2D eigenvalue weighted by Crippen LogP contribution is -2.46. The van der Waals surface area contributed by atoms with Gasteiger partial charge in [0.05, 0.1) is 23.4 Å². The van der Waals surface area contributed by atoms with Crippen molar-refractivity contribution in [1.29, 1.82) is 0 Å². The molecule has 4 aromatic rings. The first-order valence-corrected chi connectivity index (χ1v) is 14.4. The van der Waals surface area contributed by atoms with Gasteiger partial charge in [-0.25, -0.2) is 23.7 Å². The van der Waals surface area contributed by atoms with Gasteiger partial charge in [0.25, 0.3) is 0 Å². The highest BCUT2D eigenvalue weighted by Crippen LogP contribution is 2.45. The third-order valence-electron chi connectivity index (χ3n) is 8.90. The van der Waals surface area contributed by atoms with Crippen LogP contribution in [0.25, 0.3) is 22.3 Å². The molecule has 1 aliphatic heterocycles. The maximum absolute atomic E-state index is 14.3.